The molecule has 0 aromatic carbocycles. The van der Waals surface area contributed by atoms with Crippen LogP contribution in [0, 0.1) is 0 Å². The molecule has 0 radical (unpaired) electrons. The Hall–Kier alpha value is 0.520. The average molecular weight is 666 g/mol. The maximum absolute atomic E-state index is 13.3. The summed E-state index contributed by atoms with van der Waals surface area (Å²) >= 11 is -2.41. The van der Waals surface area contributed by atoms with E-state index in [2.05, 4.69) is 19.7 Å². The third-order valence-corrected chi connectivity index (χ3v) is 12.7. The number of esters is 1. The van der Waals surface area contributed by atoms with Gasteiger partial charge < -0.3 is 0 Å². The van der Waals surface area contributed by atoms with Crippen LogP contribution in [0.1, 0.15) is 19.3 Å². The molecule has 0 aliphatic heterocycles. The quantitative estimate of drug-likeness (QED) is 0.0760. The molecule has 0 bridgehead atoms. The summed E-state index contributed by atoms with van der Waals surface area (Å²) in [5.74, 6) is -5.11. The molecule has 0 saturated heterocycles. The summed E-state index contributed by atoms with van der Waals surface area (Å²) in [5.41, 5.74) is 0. The molecule has 28 heavy (non-hydrogen) atoms. The van der Waals surface area contributed by atoms with Crippen LogP contribution in [0.3, 0.4) is 0 Å². The van der Waals surface area contributed by atoms with Crippen LogP contribution in [0.15, 0.2) is 0 Å². The Morgan fingerprint density at radius 2 is 1.57 bits per heavy atom. The van der Waals surface area contributed by atoms with Gasteiger partial charge in [-0.3, -0.25) is 4.55 Å². The van der Waals surface area contributed by atoms with Crippen LogP contribution in [-0.4, -0.2) is 78.0 Å². The first kappa shape index (κ1) is 28.5. The van der Waals surface area contributed by atoms with E-state index in [0.717, 1.165) is 4.43 Å². The molecule has 0 aromatic heterocycles. The first-order valence-electron chi connectivity index (χ1n) is 8.05. The minimum atomic E-state index is -6.21. The van der Waals surface area contributed by atoms with Gasteiger partial charge in [-0.1, -0.05) is 0 Å². The number of carbonyl (C=O) groups excluding carboxylic acids is 1. The van der Waals surface area contributed by atoms with Crippen molar-refractivity contribution < 1.29 is 44.8 Å². The monoisotopic (exact) mass is 666 g/mol. The van der Waals surface area contributed by atoms with Gasteiger partial charge in [0.25, 0.3) is 0 Å². The van der Waals surface area contributed by atoms with E-state index in [1.54, 1.807) is 0 Å². The van der Waals surface area contributed by atoms with Crippen LogP contribution in [0.2, 0.25) is 0 Å². The molecule has 13 heteroatoms. The van der Waals surface area contributed by atoms with Gasteiger partial charge in [0, 0.05) is 0 Å². The molecular weight excluding hydrogens is 638 g/mol. The predicted octanol–water partition coefficient (Wildman–Crippen LogP) is 3.73. The second-order valence-electron chi connectivity index (χ2n) is 6.28. The van der Waals surface area contributed by atoms with Crippen molar-refractivity contribution >= 4 is 55.7 Å². The Kier molecular flexibility index (Phi) is 12.6. The number of carbonyl (C=O) groups is 1. The molecule has 1 unspecified atom stereocenters. The SMILES string of the molecule is CI(C)CC(C(=O)OCCCOCCCC(F)(F)C(F)(F)S(=O)(=O)O)I(C)C. The van der Waals surface area contributed by atoms with E-state index in [1.807, 2.05) is 0 Å². The molecule has 1 N–H and O–H groups in total. The van der Waals surface area contributed by atoms with Crippen molar-refractivity contribution in [2.45, 2.75) is 34.4 Å². The first-order chi connectivity index (χ1) is 12.6. The fourth-order valence-corrected chi connectivity index (χ4v) is 15.1. The summed E-state index contributed by atoms with van der Waals surface area (Å²) in [7, 11) is -6.21. The van der Waals surface area contributed by atoms with Gasteiger partial charge in [-0.25, -0.2) is 0 Å². The molecule has 6 nitrogen and oxygen atoms in total. The summed E-state index contributed by atoms with van der Waals surface area (Å²) in [6.45, 7) is -0.0933. The van der Waals surface area contributed by atoms with Crippen molar-refractivity contribution in [1.29, 1.82) is 0 Å². The molecule has 1 atom stereocenters. The molecule has 0 aromatic rings. The van der Waals surface area contributed by atoms with Gasteiger partial charge >= 0.3 is 157 Å². The van der Waals surface area contributed by atoms with Gasteiger partial charge in [-0.05, 0) is 0 Å². The summed E-state index contributed by atoms with van der Waals surface area (Å²) < 4.78 is 92.6. The van der Waals surface area contributed by atoms with E-state index in [1.165, 1.54) is 0 Å². The predicted molar refractivity (Wildman–Crippen MR) is 117 cm³/mol. The molecular formula is C15H28F4I2O6S. The zero-order valence-corrected chi connectivity index (χ0v) is 21.3. The van der Waals surface area contributed by atoms with Gasteiger partial charge in [0.1, 0.15) is 0 Å². The van der Waals surface area contributed by atoms with Gasteiger partial charge in [0.15, 0.2) is 0 Å². The Bertz CT molecular complexity index is 587. The molecule has 0 fully saturated rings. The van der Waals surface area contributed by atoms with Crippen molar-refractivity contribution in [1.82, 2.24) is 0 Å². The van der Waals surface area contributed by atoms with Gasteiger partial charge in [0.05, 0.1) is 0 Å². The van der Waals surface area contributed by atoms with Gasteiger partial charge in [0.2, 0.25) is 0 Å². The Balaban J connectivity index is 4.09. The van der Waals surface area contributed by atoms with Crippen molar-refractivity contribution in [2.75, 3.05) is 44.0 Å². The van der Waals surface area contributed by atoms with Crippen LogP contribution in [0.5, 0.6) is 0 Å². The number of ether oxygens (including phenoxy) is 2. The molecule has 0 aliphatic rings. The minimum absolute atomic E-state index is 0.0111. The van der Waals surface area contributed by atoms with Crippen LogP contribution in [0.4, 0.5) is 17.6 Å². The van der Waals surface area contributed by atoms with Crippen LogP contribution < -0.4 is 0 Å². The van der Waals surface area contributed by atoms with Crippen molar-refractivity contribution in [3.05, 3.63) is 0 Å². The summed E-state index contributed by atoms with van der Waals surface area (Å²) in [5, 5.41) is -5.55. The van der Waals surface area contributed by atoms with Gasteiger partial charge in [-0.15, -0.1) is 0 Å². The summed E-state index contributed by atoms with van der Waals surface area (Å²) in [6, 6.07) is 0. The Labute approximate surface area is 178 Å². The number of hydrogen-bond acceptors (Lipinski definition) is 5. The molecule has 0 saturated carbocycles. The molecule has 0 aliphatic carbocycles. The Morgan fingerprint density at radius 3 is 2.04 bits per heavy atom. The van der Waals surface area contributed by atoms with Crippen molar-refractivity contribution in [2.24, 2.45) is 0 Å². The normalized spacial score (nSPS) is 15.2. The Morgan fingerprint density at radius 1 is 1.04 bits per heavy atom. The van der Waals surface area contributed by atoms with Crippen LogP contribution >= 0.6 is 39.6 Å². The van der Waals surface area contributed by atoms with E-state index in [-0.39, 0.29) is 29.7 Å². The van der Waals surface area contributed by atoms with Crippen molar-refractivity contribution in [3.8, 4) is 0 Å². The molecule has 0 spiro atoms. The number of hydrogen-bond donors (Lipinski definition) is 1. The first-order valence-corrected chi connectivity index (χ1v) is 20.9. The van der Waals surface area contributed by atoms with Crippen LogP contribution in [-0.2, 0) is 24.4 Å². The van der Waals surface area contributed by atoms with E-state index in [4.69, 9.17) is 14.0 Å². The van der Waals surface area contributed by atoms with E-state index < -0.39 is 73.8 Å². The average Bonchev–Trinajstić information content (AvgIpc) is 2.53. The van der Waals surface area contributed by atoms with E-state index >= 15 is 0 Å². The van der Waals surface area contributed by atoms with Gasteiger partial charge in [-0.2, -0.15) is 17.2 Å². The number of rotatable bonds is 14. The second-order valence-corrected chi connectivity index (χ2v) is 20.0. The fraction of sp³-hybridized carbons (Fsp3) is 0.933. The molecule has 0 heterocycles. The summed E-state index contributed by atoms with van der Waals surface area (Å²) in [4.78, 5) is 20.7. The fourth-order valence-electron chi connectivity index (χ4n) is 1.89. The third kappa shape index (κ3) is 9.55. The van der Waals surface area contributed by atoms with Crippen LogP contribution in [0.25, 0.3) is 0 Å². The molecule has 0 rings (SSSR count). The second kappa shape index (κ2) is 12.4. The maximum atomic E-state index is 13.3. The standard InChI is InChI=1S/C15H28F4I2O6S/c1-20(2)11-12(21(3)4)13(22)27-10-6-9-26-8-5-7-14(16,17)15(18,19)28(23,24)25/h12H,5-11H2,1-4H3,(H,23,24,25). The molecule has 0 amide bonds. The third-order valence-electron chi connectivity index (χ3n) is 3.43. The van der Waals surface area contributed by atoms with E-state index in [0.29, 0.717) is 6.42 Å². The summed E-state index contributed by atoms with van der Waals surface area (Å²) in [6.07, 6.45) is -1.66. The van der Waals surface area contributed by atoms with E-state index in [9.17, 15) is 30.8 Å². The number of alkyl halides is 10. The van der Waals surface area contributed by atoms with Crippen molar-refractivity contribution in [3.63, 3.8) is 0 Å². The number of halogens is 6. The zero-order chi connectivity index (χ0) is 22.2. The molecule has 172 valence electrons. The topological polar surface area (TPSA) is 89.9 Å². The zero-order valence-electron chi connectivity index (χ0n) is 16.2.